The molecule has 9 rings (SSSR count). The molecule has 11 heteroatoms. The minimum absolute atomic E-state index is 0.0716. The van der Waals surface area contributed by atoms with Crippen LogP contribution in [0.5, 0.6) is 0 Å². The Morgan fingerprint density at radius 1 is 0.772 bits per heavy atom. The molecule has 4 saturated carbocycles. The molecule has 0 radical (unpaired) electrons. The summed E-state index contributed by atoms with van der Waals surface area (Å²) in [5.74, 6) is -3.27. The predicted octanol–water partition coefficient (Wildman–Crippen LogP) is 7.43. The first kappa shape index (κ1) is 40.2. The molecule has 7 fully saturated rings. The van der Waals surface area contributed by atoms with E-state index in [9.17, 15) is 24.3 Å². The highest BCUT2D eigenvalue weighted by atomic mass is 16.8. The Hall–Kier alpha value is -3.64. The van der Waals surface area contributed by atoms with E-state index < -0.39 is 64.2 Å². The number of hydrogen-bond donors (Lipinski definition) is 1. The lowest BCUT2D eigenvalue weighted by molar-refractivity contribution is -0.327. The van der Waals surface area contributed by atoms with Crippen molar-refractivity contribution in [2.24, 2.45) is 46.3 Å². The van der Waals surface area contributed by atoms with E-state index in [-0.39, 0.29) is 29.8 Å². The van der Waals surface area contributed by atoms with Gasteiger partial charge in [0.2, 0.25) is 5.79 Å². The number of rotatable bonds is 5. The standard InChI is InChI=1S/C42H52O8.C4H6O3/c1-25-18-19-38(4)29(22-25)16-17-30-31(38)23-32(47-35(44)28-14-10-7-11-15-28)39(5)33-26(2)40(50-42(33,45)36-41(30,39)48-36)21-20-37(3,49-40)24-46-34(43)27-12-8-6-9-13-27;1-3(5)7-4(2)6/h6-15,25-26,29-33,36,45H,16-24H2,1-5H3;1-2H3/t25-,26-,29?,30?,31?,32+,33+,36?,37-,38-,39+,40+,41?,42+;/m0./s1. The molecule has 3 saturated heterocycles. The SMILES string of the molecule is CC(=O)OC(C)=O.C[C@H]1CC[C@@]2(C)C(CCC3C2C[C@@H](OC(=O)c2ccccc2)[C@]2(C)[C@H]4[C@H](C)[C@@]5(CC[C@@](C)(COC(=O)c6ccccc6)O5)O[C@@]4(O)C4OC342)C1. The number of hydrogen-bond acceptors (Lipinski definition) is 11. The van der Waals surface area contributed by atoms with Crippen LogP contribution in [-0.2, 0) is 38.0 Å². The summed E-state index contributed by atoms with van der Waals surface area (Å²) in [6.45, 7) is 13.6. The van der Waals surface area contributed by atoms with Crippen molar-refractivity contribution in [2.45, 2.75) is 135 Å². The third kappa shape index (κ3) is 6.20. The second-order valence-electron chi connectivity index (χ2n) is 19.0. The first-order chi connectivity index (χ1) is 26.9. The van der Waals surface area contributed by atoms with Crippen LogP contribution in [0.2, 0.25) is 0 Å². The van der Waals surface area contributed by atoms with E-state index in [1.807, 2.05) is 55.5 Å². The van der Waals surface area contributed by atoms with Crippen LogP contribution < -0.4 is 0 Å². The summed E-state index contributed by atoms with van der Waals surface area (Å²) in [5, 5.41) is 12.9. The highest BCUT2D eigenvalue weighted by Gasteiger charge is 2.94. The third-order valence-corrected chi connectivity index (χ3v) is 15.6. The van der Waals surface area contributed by atoms with Gasteiger partial charge in [0.05, 0.1) is 11.1 Å². The Balaban J connectivity index is 0.000000598. The molecule has 57 heavy (non-hydrogen) atoms. The van der Waals surface area contributed by atoms with Gasteiger partial charge in [-0.1, -0.05) is 70.5 Å². The van der Waals surface area contributed by atoms with Crippen molar-refractivity contribution < 1.29 is 52.7 Å². The van der Waals surface area contributed by atoms with Gasteiger partial charge in [0.1, 0.15) is 30.0 Å². The van der Waals surface area contributed by atoms with Crippen LogP contribution in [0.25, 0.3) is 0 Å². The average Bonchev–Trinajstić information content (AvgIpc) is 3.74. The maximum absolute atomic E-state index is 13.9. The predicted molar refractivity (Wildman–Crippen MR) is 206 cm³/mol. The largest absolute Gasteiger partial charge is 0.459 e. The monoisotopic (exact) mass is 786 g/mol. The van der Waals surface area contributed by atoms with Gasteiger partial charge in [0.25, 0.3) is 0 Å². The smallest absolute Gasteiger partial charge is 0.338 e. The number of fused-ring (bicyclic) bond motifs is 6. The van der Waals surface area contributed by atoms with E-state index in [4.69, 9.17) is 23.7 Å². The van der Waals surface area contributed by atoms with Crippen molar-refractivity contribution in [3.8, 4) is 0 Å². The van der Waals surface area contributed by atoms with Crippen molar-refractivity contribution in [2.75, 3.05) is 6.61 Å². The van der Waals surface area contributed by atoms with Gasteiger partial charge in [0.15, 0.2) is 5.79 Å². The second kappa shape index (κ2) is 14.0. The molecule has 308 valence electrons. The third-order valence-electron chi connectivity index (χ3n) is 15.6. The van der Waals surface area contributed by atoms with E-state index in [0.29, 0.717) is 35.8 Å². The molecule has 7 aliphatic rings. The Morgan fingerprint density at radius 2 is 1.40 bits per heavy atom. The molecular weight excluding hydrogens is 728 g/mol. The molecule has 2 aromatic carbocycles. The fourth-order valence-corrected chi connectivity index (χ4v) is 13.1. The number of esters is 4. The van der Waals surface area contributed by atoms with Crippen molar-refractivity contribution in [3.63, 3.8) is 0 Å². The van der Waals surface area contributed by atoms with Crippen molar-refractivity contribution in [1.29, 1.82) is 0 Å². The number of epoxide rings is 1. The van der Waals surface area contributed by atoms with Crippen molar-refractivity contribution in [1.82, 2.24) is 0 Å². The van der Waals surface area contributed by atoms with Crippen LogP contribution in [-0.4, -0.2) is 70.6 Å². The Labute approximate surface area is 335 Å². The Kier molecular flexibility index (Phi) is 9.86. The first-order valence-corrected chi connectivity index (χ1v) is 20.9. The number of ether oxygens (including phenoxy) is 6. The molecule has 3 aliphatic heterocycles. The topological polar surface area (TPSA) is 147 Å². The number of carbonyl (C=O) groups excluding carboxylic acids is 4. The van der Waals surface area contributed by atoms with Gasteiger partial charge in [-0.25, -0.2) is 9.59 Å². The highest BCUT2D eigenvalue weighted by Crippen LogP contribution is 2.82. The summed E-state index contributed by atoms with van der Waals surface area (Å²) in [6, 6.07) is 18.2. The zero-order valence-electron chi connectivity index (χ0n) is 34.3. The first-order valence-electron chi connectivity index (χ1n) is 20.9. The molecule has 0 bridgehead atoms. The summed E-state index contributed by atoms with van der Waals surface area (Å²) in [4.78, 5) is 46.4. The quantitative estimate of drug-likeness (QED) is 0.140. The molecular formula is C46H58O11. The zero-order valence-corrected chi connectivity index (χ0v) is 34.3. The molecule has 0 aromatic heterocycles. The summed E-state index contributed by atoms with van der Waals surface area (Å²) in [5.41, 5.74) is -1.02. The number of aliphatic hydroxyl groups is 1. The van der Waals surface area contributed by atoms with Gasteiger partial charge in [0, 0.05) is 37.5 Å². The molecule has 3 heterocycles. The molecule has 0 amide bonds. The minimum Gasteiger partial charge on any atom is -0.459 e. The molecule has 5 unspecified atom stereocenters. The summed E-state index contributed by atoms with van der Waals surface area (Å²) in [7, 11) is 0. The van der Waals surface area contributed by atoms with E-state index >= 15 is 0 Å². The van der Waals surface area contributed by atoms with Crippen LogP contribution in [0, 0.1) is 46.3 Å². The van der Waals surface area contributed by atoms with Crippen molar-refractivity contribution >= 4 is 23.9 Å². The van der Waals surface area contributed by atoms with Crippen LogP contribution in [0.15, 0.2) is 60.7 Å². The Bertz CT molecular complexity index is 1890. The summed E-state index contributed by atoms with van der Waals surface area (Å²) >= 11 is 0. The minimum atomic E-state index is -1.61. The van der Waals surface area contributed by atoms with Crippen LogP contribution in [0.4, 0.5) is 0 Å². The zero-order chi connectivity index (χ0) is 40.8. The molecule has 14 atom stereocenters. The van der Waals surface area contributed by atoms with Gasteiger partial charge in [-0.2, -0.15) is 0 Å². The van der Waals surface area contributed by atoms with E-state index in [1.165, 1.54) is 33.1 Å². The number of carbonyl (C=O) groups is 4. The number of benzene rings is 2. The summed E-state index contributed by atoms with van der Waals surface area (Å²) < 4.78 is 37.1. The van der Waals surface area contributed by atoms with Crippen LogP contribution in [0.3, 0.4) is 0 Å². The second-order valence-corrected chi connectivity index (χ2v) is 19.0. The lowest BCUT2D eigenvalue weighted by Crippen LogP contribution is -2.65. The van der Waals surface area contributed by atoms with Gasteiger partial charge in [-0.05, 0) is 98.8 Å². The Morgan fingerprint density at radius 3 is 2.02 bits per heavy atom. The lowest BCUT2D eigenvalue weighted by atomic mass is 9.42. The van der Waals surface area contributed by atoms with E-state index in [2.05, 4.69) is 32.4 Å². The maximum atomic E-state index is 13.9. The molecule has 11 nitrogen and oxygen atoms in total. The molecule has 1 N–H and O–H groups in total. The van der Waals surface area contributed by atoms with Crippen LogP contribution in [0.1, 0.15) is 121 Å². The normalized spacial score (nSPS) is 44.5. The van der Waals surface area contributed by atoms with E-state index in [0.717, 1.165) is 25.2 Å². The lowest BCUT2D eigenvalue weighted by Gasteiger charge is -2.62. The van der Waals surface area contributed by atoms with Gasteiger partial charge >= 0.3 is 23.9 Å². The highest BCUT2D eigenvalue weighted by molar-refractivity contribution is 5.90. The average molecular weight is 787 g/mol. The fourth-order valence-electron chi connectivity index (χ4n) is 13.1. The van der Waals surface area contributed by atoms with Crippen LogP contribution >= 0.6 is 0 Å². The molecule has 2 spiro atoms. The molecule has 2 aromatic rings. The van der Waals surface area contributed by atoms with E-state index in [1.54, 1.807) is 12.1 Å². The fraction of sp³-hybridized carbons (Fsp3) is 0.652. The van der Waals surface area contributed by atoms with Gasteiger partial charge in [-0.3, -0.25) is 9.59 Å². The maximum Gasteiger partial charge on any atom is 0.338 e. The van der Waals surface area contributed by atoms with Gasteiger partial charge in [-0.15, -0.1) is 0 Å². The van der Waals surface area contributed by atoms with Gasteiger partial charge < -0.3 is 33.5 Å². The van der Waals surface area contributed by atoms with Crippen molar-refractivity contribution in [3.05, 3.63) is 71.8 Å². The summed E-state index contributed by atoms with van der Waals surface area (Å²) in [6.07, 6.45) is 6.72. The molecule has 4 aliphatic carbocycles.